The van der Waals surface area contributed by atoms with Crippen molar-refractivity contribution in [3.05, 3.63) is 68.0 Å². The molecule has 0 aliphatic heterocycles. The minimum atomic E-state index is -5.11. The number of amides is 1. The lowest BCUT2D eigenvalue weighted by Crippen LogP contribution is -2.32. The molecule has 0 radical (unpaired) electrons. The van der Waals surface area contributed by atoms with E-state index in [9.17, 15) is 35.9 Å². The lowest BCUT2D eigenvalue weighted by Gasteiger charge is -2.26. The molecule has 1 amide bonds. The molecular weight excluding hydrogens is 623 g/mol. The Labute approximate surface area is 219 Å². The van der Waals surface area contributed by atoms with E-state index in [1.54, 1.807) is 0 Å². The van der Waals surface area contributed by atoms with Crippen LogP contribution >= 0.6 is 22.6 Å². The van der Waals surface area contributed by atoms with E-state index in [1.165, 1.54) is 44.1 Å². The number of nitrogens with zero attached hydrogens (tertiary/aromatic N) is 4. The maximum atomic E-state index is 13.3. The molecule has 3 aromatic rings. The second kappa shape index (κ2) is 10.2. The number of pyridine rings is 1. The molecule has 2 heterocycles. The van der Waals surface area contributed by atoms with Crippen molar-refractivity contribution in [2.45, 2.75) is 25.3 Å². The average molecular weight is 641 g/mol. The fourth-order valence-corrected chi connectivity index (χ4v) is 4.14. The Morgan fingerprint density at radius 2 is 1.62 bits per heavy atom. The number of nitrogens with two attached hydrogens (primary N) is 1. The van der Waals surface area contributed by atoms with Crippen LogP contribution in [0.4, 0.5) is 32.2 Å². The number of alkyl halides is 6. The summed E-state index contributed by atoms with van der Waals surface area (Å²) in [5.74, 6) is -1.50. The molecule has 198 valence electrons. The molecule has 15 heteroatoms. The number of carbonyl (C=O) groups is 2. The molecule has 2 N–H and O–H groups in total. The maximum Gasteiger partial charge on any atom is 0.416 e. The summed E-state index contributed by atoms with van der Waals surface area (Å²) in [5, 5.41) is 4.18. The molecule has 0 saturated heterocycles. The molecule has 0 saturated carbocycles. The number of aromatic nitrogens is 3. The number of carbonyl (C=O) groups excluding carboxylic acids is 2. The van der Waals surface area contributed by atoms with E-state index in [1.807, 2.05) is 22.6 Å². The van der Waals surface area contributed by atoms with Gasteiger partial charge in [0, 0.05) is 18.8 Å². The summed E-state index contributed by atoms with van der Waals surface area (Å²) in [7, 11) is 2.42. The third-order valence-corrected chi connectivity index (χ3v) is 6.51. The number of esters is 1. The van der Waals surface area contributed by atoms with Gasteiger partial charge in [0.05, 0.1) is 39.1 Å². The molecule has 37 heavy (non-hydrogen) atoms. The van der Waals surface area contributed by atoms with Gasteiger partial charge in [-0.25, -0.2) is 14.5 Å². The van der Waals surface area contributed by atoms with Crippen molar-refractivity contribution in [2.75, 3.05) is 19.9 Å². The van der Waals surface area contributed by atoms with Crippen LogP contribution in [0.5, 0.6) is 0 Å². The summed E-state index contributed by atoms with van der Waals surface area (Å²) in [4.78, 5) is 29.9. The standard InChI is InChI=1S/C22H18F6IN5O3/c1-10(17-16(29)18(30)32-34(17)15-5-4-11(9-31-15)20(36)37-3)33(2)19(35)12-6-13(21(23,24)25)8-14(7-12)22(26,27)28/h4-10H,1-3H3,(H2,30,32). The number of halogens is 7. The first-order chi connectivity index (χ1) is 17.1. The minimum Gasteiger partial charge on any atom is -0.465 e. The Kier molecular flexibility index (Phi) is 7.76. The molecule has 1 atom stereocenters. The van der Waals surface area contributed by atoms with E-state index >= 15 is 0 Å². The van der Waals surface area contributed by atoms with Crippen LogP contribution in [0, 0.1) is 3.57 Å². The Morgan fingerprint density at radius 1 is 1.05 bits per heavy atom. The molecule has 0 aliphatic carbocycles. The number of benzene rings is 1. The van der Waals surface area contributed by atoms with Gasteiger partial charge in [0.1, 0.15) is 0 Å². The fourth-order valence-electron chi connectivity index (χ4n) is 3.36. The number of methoxy groups -OCH3 is 1. The first-order valence-electron chi connectivity index (χ1n) is 10.2. The van der Waals surface area contributed by atoms with Crippen molar-refractivity contribution < 1.29 is 40.7 Å². The molecule has 3 rings (SSSR count). The number of rotatable bonds is 5. The van der Waals surface area contributed by atoms with E-state index in [4.69, 9.17) is 5.73 Å². The highest BCUT2D eigenvalue weighted by Crippen LogP contribution is 2.37. The molecule has 0 aliphatic rings. The van der Waals surface area contributed by atoms with Crippen LogP contribution in [0.15, 0.2) is 36.5 Å². The summed E-state index contributed by atoms with van der Waals surface area (Å²) >= 11 is 1.85. The van der Waals surface area contributed by atoms with Crippen LogP contribution in [-0.4, -0.2) is 45.7 Å². The maximum absolute atomic E-state index is 13.3. The van der Waals surface area contributed by atoms with E-state index in [0.29, 0.717) is 15.7 Å². The Hall–Kier alpha value is -3.37. The SMILES string of the molecule is COC(=O)c1ccc(-n2nc(N)c(I)c2C(C)N(C)C(=O)c2cc(C(F)(F)F)cc(C(F)(F)F)c2)nc1. The minimum absolute atomic E-state index is 0.0422. The normalized spacial score (nSPS) is 12.8. The van der Waals surface area contributed by atoms with Crippen molar-refractivity contribution in [2.24, 2.45) is 0 Å². The third kappa shape index (κ3) is 5.80. The van der Waals surface area contributed by atoms with Crippen LogP contribution in [0.25, 0.3) is 5.82 Å². The number of ether oxygens (including phenoxy) is 1. The van der Waals surface area contributed by atoms with Crippen molar-refractivity contribution in [1.82, 2.24) is 19.7 Å². The second-order valence-corrected chi connectivity index (χ2v) is 8.86. The van der Waals surface area contributed by atoms with Crippen LogP contribution in [0.1, 0.15) is 50.5 Å². The van der Waals surface area contributed by atoms with E-state index in [-0.39, 0.29) is 29.0 Å². The molecule has 1 aromatic carbocycles. The van der Waals surface area contributed by atoms with Gasteiger partial charge in [-0.15, -0.1) is 5.10 Å². The number of anilines is 1. The highest BCUT2D eigenvalue weighted by molar-refractivity contribution is 14.1. The highest BCUT2D eigenvalue weighted by atomic mass is 127. The first-order valence-corrected chi connectivity index (χ1v) is 11.3. The summed E-state index contributed by atoms with van der Waals surface area (Å²) < 4.78 is 85.9. The second-order valence-electron chi connectivity index (χ2n) is 7.78. The van der Waals surface area contributed by atoms with Crippen LogP contribution in [0.2, 0.25) is 0 Å². The topological polar surface area (TPSA) is 103 Å². The van der Waals surface area contributed by atoms with Crippen molar-refractivity contribution in [1.29, 1.82) is 0 Å². The lowest BCUT2D eigenvalue weighted by molar-refractivity contribution is -0.143. The van der Waals surface area contributed by atoms with Crippen LogP contribution < -0.4 is 5.73 Å². The third-order valence-electron chi connectivity index (χ3n) is 5.40. The molecule has 8 nitrogen and oxygen atoms in total. The zero-order valence-electron chi connectivity index (χ0n) is 19.3. The summed E-state index contributed by atoms with van der Waals surface area (Å²) in [6, 6.07) is 2.58. The monoisotopic (exact) mass is 641 g/mol. The average Bonchev–Trinajstić information content (AvgIpc) is 3.14. The predicted molar refractivity (Wildman–Crippen MR) is 127 cm³/mol. The van der Waals surface area contributed by atoms with Gasteiger partial charge in [-0.3, -0.25) is 4.79 Å². The molecule has 0 fully saturated rings. The van der Waals surface area contributed by atoms with E-state index in [2.05, 4.69) is 14.8 Å². The molecule has 2 aromatic heterocycles. The van der Waals surface area contributed by atoms with Gasteiger partial charge >= 0.3 is 18.3 Å². The van der Waals surface area contributed by atoms with Crippen LogP contribution in [0.3, 0.4) is 0 Å². The Morgan fingerprint density at radius 3 is 2.08 bits per heavy atom. The largest absolute Gasteiger partial charge is 0.465 e. The van der Waals surface area contributed by atoms with Crippen molar-refractivity contribution >= 4 is 40.3 Å². The predicted octanol–water partition coefficient (Wildman–Crippen LogP) is 5.11. The molecular formula is C22H18F6IN5O3. The van der Waals surface area contributed by atoms with E-state index < -0.39 is 47.0 Å². The zero-order chi connectivity index (χ0) is 27.9. The summed E-state index contributed by atoms with van der Waals surface area (Å²) in [6.45, 7) is 1.49. The molecule has 0 bridgehead atoms. The van der Waals surface area contributed by atoms with Gasteiger partial charge in [-0.1, -0.05) is 0 Å². The molecule has 1 unspecified atom stereocenters. The van der Waals surface area contributed by atoms with Gasteiger partial charge in [0.2, 0.25) is 0 Å². The van der Waals surface area contributed by atoms with E-state index in [0.717, 1.165) is 4.90 Å². The number of nitrogen functional groups attached to an aromatic ring is 1. The fraction of sp³-hybridized carbons (Fsp3) is 0.273. The number of hydrogen-bond donors (Lipinski definition) is 1. The Balaban J connectivity index is 2.04. The van der Waals surface area contributed by atoms with Crippen molar-refractivity contribution in [3.8, 4) is 5.82 Å². The zero-order valence-corrected chi connectivity index (χ0v) is 21.4. The van der Waals surface area contributed by atoms with Gasteiger partial charge in [-0.05, 0) is 59.8 Å². The van der Waals surface area contributed by atoms with Crippen LogP contribution in [-0.2, 0) is 17.1 Å². The quantitative estimate of drug-likeness (QED) is 0.236. The Bertz CT molecular complexity index is 1310. The van der Waals surface area contributed by atoms with Gasteiger partial charge in [-0.2, -0.15) is 26.3 Å². The highest BCUT2D eigenvalue weighted by Gasteiger charge is 2.38. The van der Waals surface area contributed by atoms with Gasteiger partial charge < -0.3 is 15.4 Å². The van der Waals surface area contributed by atoms with Gasteiger partial charge in [0.15, 0.2) is 11.6 Å². The lowest BCUT2D eigenvalue weighted by atomic mass is 10.0. The summed E-state index contributed by atoms with van der Waals surface area (Å²) in [6.07, 6.45) is -8.99. The summed E-state index contributed by atoms with van der Waals surface area (Å²) in [5.41, 5.74) is 2.37. The van der Waals surface area contributed by atoms with Crippen molar-refractivity contribution in [3.63, 3.8) is 0 Å². The number of hydrogen-bond acceptors (Lipinski definition) is 6. The smallest absolute Gasteiger partial charge is 0.416 e. The molecule has 0 spiro atoms. The first kappa shape index (κ1) is 28.2. The van der Waals surface area contributed by atoms with Gasteiger partial charge in [0.25, 0.3) is 5.91 Å².